The minimum Gasteiger partial charge on any atom is -0.325 e. The molecule has 0 fully saturated rings. The lowest BCUT2D eigenvalue weighted by Crippen LogP contribution is -1.99. The Bertz CT molecular complexity index is 677. The van der Waals surface area contributed by atoms with Crippen LogP contribution in [0.5, 0.6) is 0 Å². The van der Waals surface area contributed by atoms with Crippen molar-refractivity contribution in [2.75, 3.05) is 0 Å². The van der Waals surface area contributed by atoms with Crippen molar-refractivity contribution in [1.82, 2.24) is 9.97 Å². The molecule has 3 nitrogen and oxygen atoms in total. The molecule has 1 aromatic carbocycles. The van der Waals surface area contributed by atoms with Gasteiger partial charge in [0.2, 0.25) is 0 Å². The van der Waals surface area contributed by atoms with Gasteiger partial charge in [0.1, 0.15) is 0 Å². The molecule has 0 saturated heterocycles. The fraction of sp³-hybridized carbons (Fsp3) is 0.125. The number of nitrogens with two attached hydrogens (primary N) is 1. The van der Waals surface area contributed by atoms with E-state index in [1.54, 1.807) is 17.5 Å². The molecule has 4 heteroatoms. The summed E-state index contributed by atoms with van der Waals surface area (Å²) in [4.78, 5) is 9.98. The molecule has 0 aliphatic rings. The van der Waals surface area contributed by atoms with Gasteiger partial charge in [-0.1, -0.05) is 36.4 Å². The summed E-state index contributed by atoms with van der Waals surface area (Å²) < 4.78 is 0. The maximum absolute atomic E-state index is 5.83. The molecule has 3 aromatic rings. The van der Waals surface area contributed by atoms with E-state index in [4.69, 9.17) is 5.73 Å². The Hall–Kier alpha value is -2.04. The second-order valence-corrected chi connectivity index (χ2v) is 5.58. The topological polar surface area (TPSA) is 51.8 Å². The van der Waals surface area contributed by atoms with E-state index >= 15 is 0 Å². The van der Waals surface area contributed by atoms with Gasteiger partial charge in [-0.3, -0.25) is 4.98 Å². The first-order valence-electron chi connectivity index (χ1n) is 6.50. The molecule has 0 spiro atoms. The normalized spacial score (nSPS) is 10.7. The Morgan fingerprint density at radius 2 is 1.90 bits per heavy atom. The number of hydrogen-bond acceptors (Lipinski definition) is 4. The van der Waals surface area contributed by atoms with Gasteiger partial charge in [0.05, 0.1) is 15.6 Å². The van der Waals surface area contributed by atoms with Gasteiger partial charge in [-0.2, -0.15) is 0 Å². The van der Waals surface area contributed by atoms with Crippen molar-refractivity contribution in [3.8, 4) is 10.4 Å². The number of aromatic nitrogens is 2. The van der Waals surface area contributed by atoms with Crippen LogP contribution in [0.15, 0.2) is 54.9 Å². The maximum Gasteiger partial charge on any atom is 0.0979 e. The lowest BCUT2D eigenvalue weighted by molar-refractivity contribution is 0.982. The molecule has 0 unspecified atom stereocenters. The Morgan fingerprint density at radius 1 is 1.05 bits per heavy atom. The molecule has 0 atom stereocenters. The van der Waals surface area contributed by atoms with E-state index in [0.717, 1.165) is 17.1 Å². The minimum absolute atomic E-state index is 0.466. The number of hydrogen-bond donors (Lipinski definition) is 1. The summed E-state index contributed by atoms with van der Waals surface area (Å²) in [6.07, 6.45) is 4.47. The first-order chi connectivity index (χ1) is 9.86. The molecule has 0 aliphatic carbocycles. The standard InChI is InChI=1S/C16H15N3S/c17-10-14-16(13-6-2-1-3-7-13)20-15(19-14)9-12-5-4-8-18-11-12/h1-8,11H,9-10,17H2. The van der Waals surface area contributed by atoms with Gasteiger partial charge < -0.3 is 5.73 Å². The molecule has 2 heterocycles. The molecule has 2 aromatic heterocycles. The van der Waals surface area contributed by atoms with Gasteiger partial charge in [-0.05, 0) is 17.2 Å². The van der Waals surface area contributed by atoms with E-state index in [0.29, 0.717) is 6.54 Å². The average molecular weight is 281 g/mol. The van der Waals surface area contributed by atoms with Crippen molar-refractivity contribution in [2.24, 2.45) is 5.73 Å². The zero-order valence-electron chi connectivity index (χ0n) is 11.0. The first kappa shape index (κ1) is 13.0. The predicted octanol–water partition coefficient (Wildman–Crippen LogP) is 3.25. The third kappa shape index (κ3) is 2.76. The summed E-state index contributed by atoms with van der Waals surface area (Å²) in [5.74, 6) is 0. The monoisotopic (exact) mass is 281 g/mol. The fourth-order valence-electron chi connectivity index (χ4n) is 2.11. The van der Waals surface area contributed by atoms with Crippen LogP contribution < -0.4 is 5.73 Å². The summed E-state index contributed by atoms with van der Waals surface area (Å²) >= 11 is 1.71. The van der Waals surface area contributed by atoms with Crippen molar-refractivity contribution in [1.29, 1.82) is 0 Å². The minimum atomic E-state index is 0.466. The van der Waals surface area contributed by atoms with Crippen LogP contribution >= 0.6 is 11.3 Å². The number of benzene rings is 1. The molecule has 3 rings (SSSR count). The van der Waals surface area contributed by atoms with Crippen LogP contribution in [0.25, 0.3) is 10.4 Å². The van der Waals surface area contributed by atoms with Crippen LogP contribution in [0.1, 0.15) is 16.3 Å². The molecular formula is C16H15N3S. The van der Waals surface area contributed by atoms with E-state index in [2.05, 4.69) is 28.2 Å². The second-order valence-electron chi connectivity index (χ2n) is 4.49. The molecule has 100 valence electrons. The van der Waals surface area contributed by atoms with E-state index < -0.39 is 0 Å². The van der Waals surface area contributed by atoms with Crippen molar-refractivity contribution < 1.29 is 0 Å². The maximum atomic E-state index is 5.83. The van der Waals surface area contributed by atoms with E-state index in [1.807, 2.05) is 30.5 Å². The highest BCUT2D eigenvalue weighted by Crippen LogP contribution is 2.31. The molecule has 0 amide bonds. The zero-order chi connectivity index (χ0) is 13.8. The van der Waals surface area contributed by atoms with Crippen LogP contribution in [0.4, 0.5) is 0 Å². The molecular weight excluding hydrogens is 266 g/mol. The highest BCUT2D eigenvalue weighted by molar-refractivity contribution is 7.15. The third-order valence-corrected chi connectivity index (χ3v) is 4.20. The summed E-state index contributed by atoms with van der Waals surface area (Å²) in [6.45, 7) is 0.466. The second kappa shape index (κ2) is 5.94. The Balaban J connectivity index is 1.93. The van der Waals surface area contributed by atoms with Gasteiger partial charge in [-0.15, -0.1) is 11.3 Å². The largest absolute Gasteiger partial charge is 0.325 e. The van der Waals surface area contributed by atoms with Crippen molar-refractivity contribution in [3.05, 3.63) is 71.1 Å². The van der Waals surface area contributed by atoms with Gasteiger partial charge in [0.15, 0.2) is 0 Å². The smallest absolute Gasteiger partial charge is 0.0979 e. The lowest BCUT2D eigenvalue weighted by atomic mass is 10.1. The van der Waals surface area contributed by atoms with Gasteiger partial charge >= 0.3 is 0 Å². The Kier molecular flexibility index (Phi) is 3.85. The van der Waals surface area contributed by atoms with Crippen molar-refractivity contribution in [3.63, 3.8) is 0 Å². The summed E-state index contributed by atoms with van der Waals surface area (Å²) in [7, 11) is 0. The quantitative estimate of drug-likeness (QED) is 0.798. The Labute approximate surface area is 122 Å². The molecule has 20 heavy (non-hydrogen) atoms. The third-order valence-electron chi connectivity index (χ3n) is 3.05. The van der Waals surface area contributed by atoms with Crippen LogP contribution in [-0.4, -0.2) is 9.97 Å². The fourth-order valence-corrected chi connectivity index (χ4v) is 3.24. The molecule has 0 radical (unpaired) electrons. The van der Waals surface area contributed by atoms with Crippen molar-refractivity contribution in [2.45, 2.75) is 13.0 Å². The molecule has 0 bridgehead atoms. The summed E-state index contributed by atoms with van der Waals surface area (Å²) in [5.41, 5.74) is 9.15. The lowest BCUT2D eigenvalue weighted by Gasteiger charge is -1.98. The molecule has 0 aliphatic heterocycles. The van der Waals surface area contributed by atoms with Crippen LogP contribution in [0.3, 0.4) is 0 Å². The van der Waals surface area contributed by atoms with Crippen LogP contribution in [-0.2, 0) is 13.0 Å². The van der Waals surface area contributed by atoms with Gasteiger partial charge in [0, 0.05) is 25.4 Å². The van der Waals surface area contributed by atoms with Crippen LogP contribution in [0.2, 0.25) is 0 Å². The van der Waals surface area contributed by atoms with Gasteiger partial charge in [0.25, 0.3) is 0 Å². The number of pyridine rings is 1. The van der Waals surface area contributed by atoms with E-state index in [-0.39, 0.29) is 0 Å². The SMILES string of the molecule is NCc1nc(Cc2cccnc2)sc1-c1ccccc1. The van der Waals surface area contributed by atoms with Crippen LogP contribution in [0, 0.1) is 0 Å². The van der Waals surface area contributed by atoms with E-state index in [1.165, 1.54) is 16.0 Å². The highest BCUT2D eigenvalue weighted by atomic mass is 32.1. The summed E-state index contributed by atoms with van der Waals surface area (Å²) in [6, 6.07) is 14.3. The first-order valence-corrected chi connectivity index (χ1v) is 7.31. The zero-order valence-corrected chi connectivity index (χ0v) is 11.8. The predicted molar refractivity (Wildman–Crippen MR) is 82.5 cm³/mol. The van der Waals surface area contributed by atoms with Gasteiger partial charge in [-0.25, -0.2) is 4.98 Å². The molecule has 2 N–H and O–H groups in total. The average Bonchev–Trinajstić information content (AvgIpc) is 2.92. The van der Waals surface area contributed by atoms with E-state index in [9.17, 15) is 0 Å². The number of thiazole rings is 1. The highest BCUT2D eigenvalue weighted by Gasteiger charge is 2.12. The molecule has 0 saturated carbocycles. The number of rotatable bonds is 4. The summed E-state index contributed by atoms with van der Waals surface area (Å²) in [5, 5.41) is 1.08. The Morgan fingerprint density at radius 3 is 2.60 bits per heavy atom. The van der Waals surface area contributed by atoms with Crippen molar-refractivity contribution >= 4 is 11.3 Å². The number of nitrogens with zero attached hydrogens (tertiary/aromatic N) is 2.